The van der Waals surface area contributed by atoms with Gasteiger partial charge in [0.1, 0.15) is 0 Å². The van der Waals surface area contributed by atoms with Crippen LogP contribution in [0.3, 0.4) is 0 Å². The fraction of sp³-hybridized carbons (Fsp3) is 0.938. The molecule has 4 heteroatoms. The molecule has 1 amide bonds. The fourth-order valence-electron chi connectivity index (χ4n) is 4.26. The Kier molecular flexibility index (Phi) is 6.16. The number of amides is 1. The lowest BCUT2D eigenvalue weighted by atomic mass is 9.89. The van der Waals surface area contributed by atoms with E-state index in [1.54, 1.807) is 0 Å². The highest BCUT2D eigenvalue weighted by Crippen LogP contribution is 2.32. The lowest BCUT2D eigenvalue weighted by Crippen LogP contribution is -2.45. The van der Waals surface area contributed by atoms with Gasteiger partial charge >= 0.3 is 0 Å². The van der Waals surface area contributed by atoms with Crippen molar-refractivity contribution in [2.45, 2.75) is 76.3 Å². The Hall–Kier alpha value is -0.280. The number of halogens is 1. The molecule has 2 bridgehead atoms. The van der Waals surface area contributed by atoms with Crippen molar-refractivity contribution in [1.29, 1.82) is 0 Å². The Balaban J connectivity index is 0.00000147. The average molecular weight is 301 g/mol. The highest BCUT2D eigenvalue weighted by Gasteiger charge is 2.40. The molecule has 116 valence electrons. The lowest BCUT2D eigenvalue weighted by molar-refractivity contribution is -0.138. The molecule has 0 aromatic rings. The third kappa shape index (κ3) is 3.48. The first kappa shape index (κ1) is 16.1. The molecule has 0 aromatic carbocycles. The van der Waals surface area contributed by atoms with Crippen LogP contribution in [0, 0.1) is 5.92 Å². The first-order chi connectivity index (χ1) is 9.36. The second kappa shape index (κ2) is 7.65. The highest BCUT2D eigenvalue weighted by molar-refractivity contribution is 5.85. The molecule has 2 heterocycles. The van der Waals surface area contributed by atoms with Crippen molar-refractivity contribution in [2.24, 2.45) is 5.92 Å². The van der Waals surface area contributed by atoms with Crippen LogP contribution in [0.4, 0.5) is 0 Å². The van der Waals surface area contributed by atoms with Gasteiger partial charge in [0, 0.05) is 24.5 Å². The van der Waals surface area contributed by atoms with Crippen molar-refractivity contribution in [2.75, 3.05) is 13.1 Å². The van der Waals surface area contributed by atoms with E-state index in [0.29, 0.717) is 23.9 Å². The summed E-state index contributed by atoms with van der Waals surface area (Å²) in [6.07, 6.45) is 12.5. The van der Waals surface area contributed by atoms with E-state index < -0.39 is 0 Å². The number of rotatable bonds is 1. The van der Waals surface area contributed by atoms with Crippen LogP contribution in [0.1, 0.15) is 64.2 Å². The van der Waals surface area contributed by atoms with Crippen LogP contribution in [0.2, 0.25) is 0 Å². The van der Waals surface area contributed by atoms with Crippen molar-refractivity contribution in [1.82, 2.24) is 10.2 Å². The minimum absolute atomic E-state index is 0. The number of nitrogens with one attached hydrogen (secondary N) is 1. The Bertz CT molecular complexity index is 302. The summed E-state index contributed by atoms with van der Waals surface area (Å²) in [5, 5.41) is 3.49. The summed E-state index contributed by atoms with van der Waals surface area (Å²) in [5.41, 5.74) is 0. The van der Waals surface area contributed by atoms with Crippen LogP contribution in [-0.2, 0) is 4.79 Å². The summed E-state index contributed by atoms with van der Waals surface area (Å²) >= 11 is 0. The van der Waals surface area contributed by atoms with Gasteiger partial charge in [-0.1, -0.05) is 32.1 Å². The molecule has 2 unspecified atom stereocenters. The van der Waals surface area contributed by atoms with Gasteiger partial charge < -0.3 is 10.2 Å². The van der Waals surface area contributed by atoms with Crippen LogP contribution >= 0.6 is 12.4 Å². The molecular weight excluding hydrogens is 272 g/mol. The maximum absolute atomic E-state index is 12.9. The summed E-state index contributed by atoms with van der Waals surface area (Å²) in [6.45, 7) is 2.12. The van der Waals surface area contributed by atoms with Crippen molar-refractivity contribution < 1.29 is 4.79 Å². The van der Waals surface area contributed by atoms with Gasteiger partial charge in [-0.3, -0.25) is 4.79 Å². The molecule has 3 nitrogen and oxygen atoms in total. The Morgan fingerprint density at radius 1 is 0.850 bits per heavy atom. The van der Waals surface area contributed by atoms with Gasteiger partial charge in [0.15, 0.2) is 0 Å². The summed E-state index contributed by atoms with van der Waals surface area (Å²) in [4.78, 5) is 15.2. The van der Waals surface area contributed by atoms with Crippen LogP contribution < -0.4 is 5.32 Å². The van der Waals surface area contributed by atoms with Gasteiger partial charge in [0.2, 0.25) is 5.91 Å². The van der Waals surface area contributed by atoms with Crippen LogP contribution in [0.15, 0.2) is 0 Å². The van der Waals surface area contributed by atoms with Crippen LogP contribution in [0.5, 0.6) is 0 Å². The molecule has 0 spiro atoms. The molecule has 0 radical (unpaired) electrons. The highest BCUT2D eigenvalue weighted by atomic mass is 35.5. The van der Waals surface area contributed by atoms with Crippen molar-refractivity contribution in [3.8, 4) is 0 Å². The van der Waals surface area contributed by atoms with E-state index in [1.165, 1.54) is 44.9 Å². The van der Waals surface area contributed by atoms with Crippen molar-refractivity contribution in [3.63, 3.8) is 0 Å². The number of hydrogen-bond donors (Lipinski definition) is 1. The zero-order chi connectivity index (χ0) is 13.1. The molecule has 1 saturated carbocycles. The quantitative estimate of drug-likeness (QED) is 0.807. The van der Waals surface area contributed by atoms with E-state index in [0.717, 1.165) is 32.4 Å². The molecule has 1 N–H and O–H groups in total. The second-order valence-corrected chi connectivity index (χ2v) is 6.67. The maximum Gasteiger partial charge on any atom is 0.226 e. The molecule has 2 saturated heterocycles. The van der Waals surface area contributed by atoms with Gasteiger partial charge in [-0.05, 0) is 38.6 Å². The molecule has 2 atom stereocenters. The minimum atomic E-state index is 0. The summed E-state index contributed by atoms with van der Waals surface area (Å²) in [7, 11) is 0. The van der Waals surface area contributed by atoms with E-state index in [9.17, 15) is 4.79 Å². The third-order valence-electron chi connectivity index (χ3n) is 5.36. The first-order valence-electron chi connectivity index (χ1n) is 8.39. The van der Waals surface area contributed by atoms with Gasteiger partial charge in [-0.2, -0.15) is 0 Å². The van der Waals surface area contributed by atoms with Crippen LogP contribution in [0.25, 0.3) is 0 Å². The normalized spacial score (nSPS) is 31.9. The number of carbonyl (C=O) groups is 1. The van der Waals surface area contributed by atoms with E-state index in [2.05, 4.69) is 10.2 Å². The second-order valence-electron chi connectivity index (χ2n) is 6.67. The minimum Gasteiger partial charge on any atom is -0.335 e. The SMILES string of the molecule is Cl.O=C(C1CCCCCCC1)N1C2CCNCC1CC2. The Morgan fingerprint density at radius 2 is 1.50 bits per heavy atom. The topological polar surface area (TPSA) is 32.3 Å². The van der Waals surface area contributed by atoms with Gasteiger partial charge in [0.25, 0.3) is 0 Å². The smallest absolute Gasteiger partial charge is 0.226 e. The monoisotopic (exact) mass is 300 g/mol. The molecule has 20 heavy (non-hydrogen) atoms. The Labute approximate surface area is 129 Å². The summed E-state index contributed by atoms with van der Waals surface area (Å²) in [6, 6.07) is 1.03. The fourth-order valence-corrected chi connectivity index (χ4v) is 4.26. The third-order valence-corrected chi connectivity index (χ3v) is 5.36. The largest absolute Gasteiger partial charge is 0.335 e. The Morgan fingerprint density at radius 3 is 2.25 bits per heavy atom. The molecule has 1 aliphatic carbocycles. The molecule has 0 aromatic heterocycles. The zero-order valence-electron chi connectivity index (χ0n) is 12.5. The van der Waals surface area contributed by atoms with Crippen LogP contribution in [-0.4, -0.2) is 36.0 Å². The van der Waals surface area contributed by atoms with E-state index in [1.807, 2.05) is 0 Å². The van der Waals surface area contributed by atoms with E-state index in [4.69, 9.17) is 0 Å². The molecule has 3 rings (SSSR count). The molecule has 2 aliphatic heterocycles. The van der Waals surface area contributed by atoms with Gasteiger partial charge in [0.05, 0.1) is 0 Å². The zero-order valence-corrected chi connectivity index (χ0v) is 13.3. The van der Waals surface area contributed by atoms with Gasteiger partial charge in [-0.15, -0.1) is 12.4 Å². The molecular formula is C16H29ClN2O. The summed E-state index contributed by atoms with van der Waals surface area (Å²) < 4.78 is 0. The molecule has 3 fully saturated rings. The lowest BCUT2D eigenvalue weighted by Gasteiger charge is -2.32. The number of hydrogen-bond acceptors (Lipinski definition) is 2. The predicted molar refractivity (Wildman–Crippen MR) is 84.2 cm³/mol. The van der Waals surface area contributed by atoms with Gasteiger partial charge in [-0.25, -0.2) is 0 Å². The van der Waals surface area contributed by atoms with Crippen molar-refractivity contribution >= 4 is 18.3 Å². The number of nitrogens with zero attached hydrogens (tertiary/aromatic N) is 1. The molecule has 3 aliphatic rings. The first-order valence-corrected chi connectivity index (χ1v) is 8.39. The summed E-state index contributed by atoms with van der Waals surface area (Å²) in [5.74, 6) is 0.833. The maximum atomic E-state index is 12.9. The number of carbonyl (C=O) groups excluding carboxylic acids is 1. The van der Waals surface area contributed by atoms with E-state index in [-0.39, 0.29) is 12.4 Å². The van der Waals surface area contributed by atoms with Crippen molar-refractivity contribution in [3.05, 3.63) is 0 Å². The number of fused-ring (bicyclic) bond motifs is 2. The standard InChI is InChI=1S/C16H28N2O.ClH/c19-16(13-6-4-2-1-3-5-7-13)18-14-8-9-15(18)12-17-11-10-14;/h13-15,17H,1-12H2;1H. The average Bonchev–Trinajstić information content (AvgIpc) is 2.61. The predicted octanol–water partition coefficient (Wildman–Crippen LogP) is 3.12. The van der Waals surface area contributed by atoms with E-state index >= 15 is 0 Å².